The Hall–Kier alpha value is -1.66. The molecule has 1 heterocycles. The summed E-state index contributed by atoms with van der Waals surface area (Å²) in [7, 11) is 1.32. The number of carbonyl (C=O) groups excluding carboxylic acids is 1. The van der Waals surface area contributed by atoms with Gasteiger partial charge in [0.05, 0.1) is 24.2 Å². The van der Waals surface area contributed by atoms with Crippen LogP contribution in [0, 0.1) is 5.82 Å². The summed E-state index contributed by atoms with van der Waals surface area (Å²) >= 11 is 6.92. The van der Waals surface area contributed by atoms with Crippen LogP contribution in [0.5, 0.6) is 0 Å². The molecule has 19 heavy (non-hydrogen) atoms. The van der Waals surface area contributed by atoms with Gasteiger partial charge >= 0.3 is 5.97 Å². The van der Waals surface area contributed by atoms with Crippen molar-refractivity contribution in [1.29, 1.82) is 0 Å². The maximum atomic E-state index is 13.3. The molecule has 0 saturated heterocycles. The number of nitrogens with zero attached hydrogens (tertiary/aromatic N) is 1. The number of methoxy groups -OCH3 is 1. The van der Waals surface area contributed by atoms with Crippen molar-refractivity contribution in [3.63, 3.8) is 0 Å². The maximum absolute atomic E-state index is 13.3. The summed E-state index contributed by atoms with van der Waals surface area (Å²) < 4.78 is 17.8. The van der Waals surface area contributed by atoms with E-state index >= 15 is 0 Å². The molecule has 100 valence electrons. The molecule has 7 heteroatoms. The van der Waals surface area contributed by atoms with Gasteiger partial charge in [-0.1, -0.05) is 11.6 Å². The van der Waals surface area contributed by atoms with E-state index in [-0.39, 0.29) is 17.4 Å². The van der Waals surface area contributed by atoms with Gasteiger partial charge in [0, 0.05) is 11.1 Å². The van der Waals surface area contributed by atoms with Crippen LogP contribution in [-0.4, -0.2) is 18.1 Å². The lowest BCUT2D eigenvalue weighted by molar-refractivity contribution is -0.139. The SMILES string of the molecule is COC(=O)Cc1csc(Nc2ccc(Cl)c(F)c2)n1. The summed E-state index contributed by atoms with van der Waals surface area (Å²) in [6.45, 7) is 0. The zero-order valence-electron chi connectivity index (χ0n) is 9.94. The van der Waals surface area contributed by atoms with E-state index in [0.717, 1.165) is 0 Å². The molecule has 2 rings (SSSR count). The first kappa shape index (κ1) is 13.8. The summed E-state index contributed by atoms with van der Waals surface area (Å²) in [5.74, 6) is -0.854. The third-order valence-corrected chi connectivity index (χ3v) is 3.39. The van der Waals surface area contributed by atoms with Gasteiger partial charge in [-0.3, -0.25) is 4.79 Å². The molecule has 0 aliphatic heterocycles. The number of carbonyl (C=O) groups is 1. The summed E-state index contributed by atoms with van der Waals surface area (Å²) in [6.07, 6.45) is 0.115. The van der Waals surface area contributed by atoms with E-state index in [1.54, 1.807) is 11.4 Å². The number of hydrogen-bond acceptors (Lipinski definition) is 5. The number of benzene rings is 1. The monoisotopic (exact) mass is 300 g/mol. The Morgan fingerprint density at radius 3 is 3.05 bits per heavy atom. The smallest absolute Gasteiger partial charge is 0.311 e. The predicted octanol–water partition coefficient (Wildman–Crippen LogP) is 3.39. The molecule has 1 aromatic carbocycles. The van der Waals surface area contributed by atoms with Gasteiger partial charge in [-0.2, -0.15) is 0 Å². The van der Waals surface area contributed by atoms with Crippen molar-refractivity contribution in [2.75, 3.05) is 12.4 Å². The summed E-state index contributed by atoms with van der Waals surface area (Å²) in [4.78, 5) is 15.3. The molecule has 0 aliphatic carbocycles. The predicted molar refractivity (Wildman–Crippen MR) is 72.5 cm³/mol. The van der Waals surface area contributed by atoms with E-state index in [1.807, 2.05) is 0 Å². The molecule has 0 radical (unpaired) electrons. The second-order valence-corrected chi connectivity index (χ2v) is 4.92. The molecular weight excluding hydrogens is 291 g/mol. The molecule has 0 saturated carbocycles. The highest BCUT2D eigenvalue weighted by atomic mass is 35.5. The van der Waals surface area contributed by atoms with Gasteiger partial charge in [0.25, 0.3) is 0 Å². The van der Waals surface area contributed by atoms with E-state index in [0.29, 0.717) is 16.5 Å². The van der Waals surface area contributed by atoms with Crippen LogP contribution < -0.4 is 5.32 Å². The first-order valence-electron chi connectivity index (χ1n) is 5.32. The summed E-state index contributed by atoms with van der Waals surface area (Å²) in [6, 6.07) is 4.39. The molecule has 4 nitrogen and oxygen atoms in total. The highest BCUT2D eigenvalue weighted by molar-refractivity contribution is 7.13. The Morgan fingerprint density at radius 1 is 1.58 bits per heavy atom. The van der Waals surface area contributed by atoms with Crippen molar-refractivity contribution < 1.29 is 13.9 Å². The van der Waals surface area contributed by atoms with Crippen molar-refractivity contribution in [3.05, 3.63) is 40.1 Å². The third-order valence-electron chi connectivity index (χ3n) is 2.28. The molecule has 1 aromatic heterocycles. The van der Waals surface area contributed by atoms with Gasteiger partial charge in [-0.05, 0) is 18.2 Å². The Labute approximate surface area is 118 Å². The quantitative estimate of drug-likeness (QED) is 0.879. The van der Waals surface area contributed by atoms with Crippen LogP contribution in [0.2, 0.25) is 5.02 Å². The topological polar surface area (TPSA) is 51.2 Å². The largest absolute Gasteiger partial charge is 0.469 e. The van der Waals surface area contributed by atoms with E-state index in [2.05, 4.69) is 15.0 Å². The van der Waals surface area contributed by atoms with Gasteiger partial charge in [0.2, 0.25) is 0 Å². The molecule has 0 aliphatic rings. The molecule has 0 fully saturated rings. The molecule has 2 aromatic rings. The van der Waals surface area contributed by atoms with Crippen LogP contribution in [0.25, 0.3) is 0 Å². The van der Waals surface area contributed by atoms with Gasteiger partial charge in [-0.25, -0.2) is 9.37 Å². The zero-order valence-corrected chi connectivity index (χ0v) is 11.5. The Morgan fingerprint density at radius 2 is 2.37 bits per heavy atom. The Balaban J connectivity index is 2.07. The molecule has 0 unspecified atom stereocenters. The van der Waals surface area contributed by atoms with Crippen LogP contribution in [0.1, 0.15) is 5.69 Å². The highest BCUT2D eigenvalue weighted by Crippen LogP contribution is 2.24. The molecule has 0 amide bonds. The number of halogens is 2. The fraction of sp³-hybridized carbons (Fsp3) is 0.167. The van der Waals surface area contributed by atoms with E-state index in [4.69, 9.17) is 11.6 Å². The second kappa shape index (κ2) is 5.99. The lowest BCUT2D eigenvalue weighted by Crippen LogP contribution is -2.04. The first-order valence-corrected chi connectivity index (χ1v) is 6.57. The minimum Gasteiger partial charge on any atom is -0.469 e. The fourth-order valence-corrected chi connectivity index (χ4v) is 2.21. The van der Waals surface area contributed by atoms with Gasteiger partial charge < -0.3 is 10.1 Å². The zero-order chi connectivity index (χ0) is 13.8. The van der Waals surface area contributed by atoms with Gasteiger partial charge in [0.15, 0.2) is 5.13 Å². The van der Waals surface area contributed by atoms with E-state index in [9.17, 15) is 9.18 Å². The molecule has 0 spiro atoms. The summed E-state index contributed by atoms with van der Waals surface area (Å²) in [5, 5.41) is 5.32. The van der Waals surface area contributed by atoms with Crippen LogP contribution in [0.15, 0.2) is 23.6 Å². The van der Waals surface area contributed by atoms with Crippen LogP contribution in [0.4, 0.5) is 15.2 Å². The number of anilines is 2. The molecular formula is C12H10ClFN2O2S. The molecule has 0 atom stereocenters. The molecule has 1 N–H and O–H groups in total. The lowest BCUT2D eigenvalue weighted by Gasteiger charge is -2.03. The minimum absolute atomic E-state index is 0.0658. The third kappa shape index (κ3) is 3.65. The van der Waals surface area contributed by atoms with Crippen LogP contribution >= 0.6 is 22.9 Å². The normalized spacial score (nSPS) is 10.3. The fourth-order valence-electron chi connectivity index (χ4n) is 1.36. The average molecular weight is 301 g/mol. The average Bonchev–Trinajstić information content (AvgIpc) is 2.81. The van der Waals surface area contributed by atoms with E-state index < -0.39 is 5.82 Å². The Bertz CT molecular complexity index is 603. The molecule has 0 bridgehead atoms. The van der Waals surface area contributed by atoms with Crippen molar-refractivity contribution in [2.45, 2.75) is 6.42 Å². The number of thiazole rings is 1. The number of hydrogen-bond donors (Lipinski definition) is 1. The summed E-state index contributed by atoms with van der Waals surface area (Å²) in [5.41, 5.74) is 1.15. The number of rotatable bonds is 4. The maximum Gasteiger partial charge on any atom is 0.311 e. The van der Waals surface area contributed by atoms with Gasteiger partial charge in [0.1, 0.15) is 5.82 Å². The number of aromatic nitrogens is 1. The van der Waals surface area contributed by atoms with Crippen molar-refractivity contribution in [1.82, 2.24) is 4.98 Å². The standard InChI is InChI=1S/C12H10ClFN2O2S/c1-18-11(17)5-8-6-19-12(16-8)15-7-2-3-9(13)10(14)4-7/h2-4,6H,5H2,1H3,(H,15,16). The lowest BCUT2D eigenvalue weighted by atomic mass is 10.3. The van der Waals surface area contributed by atoms with Crippen molar-refractivity contribution in [3.8, 4) is 0 Å². The number of nitrogens with one attached hydrogen (secondary N) is 1. The first-order chi connectivity index (χ1) is 9.08. The number of esters is 1. The Kier molecular flexibility index (Phi) is 4.34. The van der Waals surface area contributed by atoms with E-state index in [1.165, 1.54) is 30.6 Å². The number of ether oxygens (including phenoxy) is 1. The van der Waals surface area contributed by atoms with Crippen LogP contribution in [0.3, 0.4) is 0 Å². The highest BCUT2D eigenvalue weighted by Gasteiger charge is 2.08. The van der Waals surface area contributed by atoms with Crippen LogP contribution in [-0.2, 0) is 16.0 Å². The van der Waals surface area contributed by atoms with Crippen molar-refractivity contribution >= 4 is 39.7 Å². The second-order valence-electron chi connectivity index (χ2n) is 3.65. The van der Waals surface area contributed by atoms with Gasteiger partial charge in [-0.15, -0.1) is 11.3 Å². The van der Waals surface area contributed by atoms with Crippen molar-refractivity contribution in [2.24, 2.45) is 0 Å². The minimum atomic E-state index is -0.502.